The summed E-state index contributed by atoms with van der Waals surface area (Å²) in [6.07, 6.45) is 0. The fourth-order valence-corrected chi connectivity index (χ4v) is 2.09. The number of carbonyl (C=O) groups is 1. The van der Waals surface area contributed by atoms with E-state index in [4.69, 9.17) is 14.0 Å². The van der Waals surface area contributed by atoms with E-state index in [0.29, 0.717) is 11.6 Å². The van der Waals surface area contributed by atoms with Crippen LogP contribution in [0.15, 0.2) is 59.1 Å². The molecule has 0 aliphatic rings. The van der Waals surface area contributed by atoms with E-state index in [-0.39, 0.29) is 19.1 Å². The second-order valence-corrected chi connectivity index (χ2v) is 5.09. The van der Waals surface area contributed by atoms with Gasteiger partial charge in [-0.15, -0.1) is 0 Å². The number of aryl methyl sites for hydroxylation is 1. The van der Waals surface area contributed by atoms with E-state index in [1.165, 1.54) is 0 Å². The maximum absolute atomic E-state index is 11.7. The van der Waals surface area contributed by atoms with Gasteiger partial charge in [0.1, 0.15) is 5.75 Å². The molecule has 0 N–H and O–H groups in total. The summed E-state index contributed by atoms with van der Waals surface area (Å²) in [5.41, 5.74) is 1.92. The molecular weight excluding hydrogens is 308 g/mol. The molecule has 0 saturated heterocycles. The second kappa shape index (κ2) is 7.41. The molecular formula is C18H16N2O4. The third-order valence-electron chi connectivity index (χ3n) is 3.31. The smallest absolute Gasteiger partial charge is 0.344 e. The van der Waals surface area contributed by atoms with Crippen molar-refractivity contribution in [3.05, 3.63) is 66.1 Å². The number of carbonyl (C=O) groups excluding carboxylic acids is 1. The van der Waals surface area contributed by atoms with E-state index in [0.717, 1.165) is 11.1 Å². The quantitative estimate of drug-likeness (QED) is 0.648. The number of benzene rings is 2. The van der Waals surface area contributed by atoms with Gasteiger partial charge in [0, 0.05) is 5.56 Å². The average Bonchev–Trinajstić information content (AvgIpc) is 3.08. The molecule has 122 valence electrons. The summed E-state index contributed by atoms with van der Waals surface area (Å²) < 4.78 is 15.5. The first kappa shape index (κ1) is 15.7. The van der Waals surface area contributed by atoms with Crippen LogP contribution in [0.5, 0.6) is 5.75 Å². The van der Waals surface area contributed by atoms with E-state index in [9.17, 15) is 4.79 Å². The zero-order chi connectivity index (χ0) is 16.8. The highest BCUT2D eigenvalue weighted by molar-refractivity contribution is 5.71. The Morgan fingerprint density at radius 2 is 1.83 bits per heavy atom. The fourth-order valence-electron chi connectivity index (χ4n) is 2.09. The predicted octanol–water partition coefficient (Wildman–Crippen LogP) is 3.17. The van der Waals surface area contributed by atoms with Gasteiger partial charge in [0.05, 0.1) is 0 Å². The lowest BCUT2D eigenvalue weighted by Crippen LogP contribution is -2.14. The molecule has 6 heteroatoms. The molecule has 0 spiro atoms. The monoisotopic (exact) mass is 324 g/mol. The first-order valence-corrected chi connectivity index (χ1v) is 7.44. The molecule has 2 aromatic carbocycles. The third-order valence-corrected chi connectivity index (χ3v) is 3.31. The van der Waals surface area contributed by atoms with Crippen LogP contribution in [0.4, 0.5) is 0 Å². The van der Waals surface area contributed by atoms with Gasteiger partial charge in [-0.2, -0.15) is 4.98 Å². The highest BCUT2D eigenvalue weighted by Gasteiger charge is 2.12. The van der Waals surface area contributed by atoms with Crippen LogP contribution in [0.3, 0.4) is 0 Å². The third kappa shape index (κ3) is 3.98. The minimum Gasteiger partial charge on any atom is -0.482 e. The summed E-state index contributed by atoms with van der Waals surface area (Å²) >= 11 is 0. The van der Waals surface area contributed by atoms with E-state index in [2.05, 4.69) is 10.1 Å². The Labute approximate surface area is 139 Å². The number of esters is 1. The van der Waals surface area contributed by atoms with E-state index >= 15 is 0 Å². The number of para-hydroxylation sites is 1. The minimum absolute atomic E-state index is 0.0874. The van der Waals surface area contributed by atoms with Crippen molar-refractivity contribution >= 4 is 5.97 Å². The number of nitrogens with zero attached hydrogens (tertiary/aromatic N) is 2. The number of ether oxygens (including phenoxy) is 2. The zero-order valence-electron chi connectivity index (χ0n) is 13.1. The SMILES string of the molecule is Cc1ccccc1-c1noc(COC(=O)COc2ccccc2)n1. The van der Waals surface area contributed by atoms with Gasteiger partial charge in [0.15, 0.2) is 13.2 Å². The van der Waals surface area contributed by atoms with Crippen molar-refractivity contribution in [1.82, 2.24) is 10.1 Å². The van der Waals surface area contributed by atoms with E-state index in [1.807, 2.05) is 49.4 Å². The Hall–Kier alpha value is -3.15. The number of aromatic nitrogens is 2. The first-order valence-electron chi connectivity index (χ1n) is 7.44. The Morgan fingerprint density at radius 3 is 2.62 bits per heavy atom. The lowest BCUT2D eigenvalue weighted by Gasteiger charge is -2.05. The number of hydrogen-bond acceptors (Lipinski definition) is 6. The van der Waals surface area contributed by atoms with Crippen LogP contribution in [0.25, 0.3) is 11.4 Å². The lowest BCUT2D eigenvalue weighted by atomic mass is 10.1. The molecule has 6 nitrogen and oxygen atoms in total. The van der Waals surface area contributed by atoms with Crippen molar-refractivity contribution in [2.45, 2.75) is 13.5 Å². The van der Waals surface area contributed by atoms with Gasteiger partial charge in [-0.25, -0.2) is 4.79 Å². The molecule has 0 fully saturated rings. The number of rotatable bonds is 6. The van der Waals surface area contributed by atoms with Gasteiger partial charge in [0.2, 0.25) is 5.82 Å². The van der Waals surface area contributed by atoms with E-state index < -0.39 is 5.97 Å². The molecule has 0 aliphatic carbocycles. The average molecular weight is 324 g/mol. The van der Waals surface area contributed by atoms with Crippen LogP contribution in [0.2, 0.25) is 0 Å². The predicted molar refractivity (Wildman–Crippen MR) is 86.2 cm³/mol. The Morgan fingerprint density at radius 1 is 1.08 bits per heavy atom. The summed E-state index contributed by atoms with van der Waals surface area (Å²) in [5.74, 6) is 0.810. The second-order valence-electron chi connectivity index (χ2n) is 5.09. The zero-order valence-corrected chi connectivity index (χ0v) is 13.1. The van der Waals surface area contributed by atoms with Gasteiger partial charge in [-0.05, 0) is 24.6 Å². The summed E-state index contributed by atoms with van der Waals surface area (Å²) in [7, 11) is 0. The Balaban J connectivity index is 1.52. The van der Waals surface area contributed by atoms with E-state index in [1.54, 1.807) is 12.1 Å². The van der Waals surface area contributed by atoms with Crippen LogP contribution in [0.1, 0.15) is 11.5 Å². The van der Waals surface area contributed by atoms with Gasteiger partial charge in [-0.1, -0.05) is 47.6 Å². The van der Waals surface area contributed by atoms with Crippen LogP contribution >= 0.6 is 0 Å². The van der Waals surface area contributed by atoms with Gasteiger partial charge in [0.25, 0.3) is 5.89 Å². The molecule has 3 rings (SSSR count). The van der Waals surface area contributed by atoms with Crippen LogP contribution < -0.4 is 4.74 Å². The number of hydrogen-bond donors (Lipinski definition) is 0. The molecule has 0 amide bonds. The molecule has 0 saturated carbocycles. The normalized spacial score (nSPS) is 10.4. The summed E-state index contributed by atoms with van der Waals surface area (Å²) in [4.78, 5) is 15.9. The highest BCUT2D eigenvalue weighted by atomic mass is 16.6. The van der Waals surface area contributed by atoms with Crippen molar-refractivity contribution < 1.29 is 18.8 Å². The van der Waals surface area contributed by atoms with Crippen molar-refractivity contribution in [3.63, 3.8) is 0 Å². The standard InChI is InChI=1S/C18H16N2O4/c1-13-7-5-6-10-15(13)18-19-16(24-20-18)11-23-17(21)12-22-14-8-3-2-4-9-14/h2-10H,11-12H2,1H3. The Bertz CT molecular complexity index is 815. The van der Waals surface area contributed by atoms with Crippen molar-refractivity contribution in [1.29, 1.82) is 0 Å². The minimum atomic E-state index is -0.505. The van der Waals surface area contributed by atoms with Crippen molar-refractivity contribution in [2.75, 3.05) is 6.61 Å². The first-order chi connectivity index (χ1) is 11.7. The lowest BCUT2D eigenvalue weighted by molar-refractivity contribution is -0.148. The molecule has 0 aliphatic heterocycles. The molecule has 0 unspecified atom stereocenters. The summed E-state index contributed by atoms with van der Waals surface area (Å²) in [6.45, 7) is 1.70. The van der Waals surface area contributed by atoms with Crippen LogP contribution in [-0.2, 0) is 16.1 Å². The molecule has 1 heterocycles. The molecule has 24 heavy (non-hydrogen) atoms. The Kier molecular flexibility index (Phi) is 4.86. The maximum atomic E-state index is 11.7. The van der Waals surface area contributed by atoms with Gasteiger partial charge < -0.3 is 14.0 Å². The van der Waals surface area contributed by atoms with Gasteiger partial charge in [-0.3, -0.25) is 0 Å². The summed E-state index contributed by atoms with van der Waals surface area (Å²) in [6, 6.07) is 16.8. The molecule has 0 radical (unpaired) electrons. The molecule has 3 aromatic rings. The fraction of sp³-hybridized carbons (Fsp3) is 0.167. The largest absolute Gasteiger partial charge is 0.482 e. The van der Waals surface area contributed by atoms with Crippen molar-refractivity contribution in [2.24, 2.45) is 0 Å². The van der Waals surface area contributed by atoms with Gasteiger partial charge >= 0.3 is 5.97 Å². The maximum Gasteiger partial charge on any atom is 0.344 e. The molecule has 0 bridgehead atoms. The van der Waals surface area contributed by atoms with Crippen molar-refractivity contribution in [3.8, 4) is 17.1 Å². The van der Waals surface area contributed by atoms with Crippen LogP contribution in [0, 0.1) is 6.92 Å². The summed E-state index contributed by atoms with van der Waals surface area (Å²) in [5, 5.41) is 3.91. The molecule has 0 atom stereocenters. The molecule has 1 aromatic heterocycles. The topological polar surface area (TPSA) is 74.5 Å². The van der Waals surface area contributed by atoms with Crippen LogP contribution in [-0.4, -0.2) is 22.7 Å². The highest BCUT2D eigenvalue weighted by Crippen LogP contribution is 2.19.